The van der Waals surface area contributed by atoms with E-state index in [1.165, 1.54) is 12.8 Å². The van der Waals surface area contributed by atoms with E-state index in [0.717, 1.165) is 24.7 Å². The zero-order chi connectivity index (χ0) is 11.4. The van der Waals surface area contributed by atoms with Crippen LogP contribution in [0.3, 0.4) is 0 Å². The molecule has 1 saturated heterocycles. The van der Waals surface area contributed by atoms with E-state index in [1.807, 2.05) is 18.2 Å². The molecule has 0 aliphatic carbocycles. The van der Waals surface area contributed by atoms with Crippen molar-refractivity contribution in [2.24, 2.45) is 5.92 Å². The van der Waals surface area contributed by atoms with Crippen molar-refractivity contribution in [2.45, 2.75) is 25.9 Å². The normalized spacial score (nSPS) is 20.9. The third-order valence-corrected chi connectivity index (χ3v) is 3.34. The SMILES string of the molecule is CC1CCN(CC(O)c2ccccn2)CC1. The van der Waals surface area contributed by atoms with E-state index in [0.29, 0.717) is 6.54 Å². The summed E-state index contributed by atoms with van der Waals surface area (Å²) in [6.45, 7) is 5.21. The van der Waals surface area contributed by atoms with Gasteiger partial charge in [-0.05, 0) is 44.0 Å². The summed E-state index contributed by atoms with van der Waals surface area (Å²) in [6.07, 6.45) is 3.77. The summed E-state index contributed by atoms with van der Waals surface area (Å²) < 4.78 is 0. The lowest BCUT2D eigenvalue weighted by atomic mass is 9.99. The highest BCUT2D eigenvalue weighted by atomic mass is 16.3. The maximum Gasteiger partial charge on any atom is 0.109 e. The smallest absolute Gasteiger partial charge is 0.109 e. The Bertz CT molecular complexity index is 307. The molecule has 0 spiro atoms. The Kier molecular flexibility index (Phi) is 3.91. The fourth-order valence-corrected chi connectivity index (χ4v) is 2.16. The number of β-amino-alcohol motifs (C(OH)–C–C–N with tert-alkyl or cyclic N) is 1. The quantitative estimate of drug-likeness (QED) is 0.844. The molecule has 3 nitrogen and oxygen atoms in total. The van der Waals surface area contributed by atoms with Gasteiger partial charge in [0.1, 0.15) is 6.10 Å². The number of aliphatic hydroxyl groups is 1. The second-order valence-electron chi connectivity index (χ2n) is 4.75. The number of nitrogens with zero attached hydrogens (tertiary/aromatic N) is 2. The van der Waals surface area contributed by atoms with Crippen molar-refractivity contribution in [3.63, 3.8) is 0 Å². The largest absolute Gasteiger partial charge is 0.385 e. The molecule has 88 valence electrons. The zero-order valence-corrected chi connectivity index (χ0v) is 9.84. The summed E-state index contributed by atoms with van der Waals surface area (Å²) in [5, 5.41) is 10.0. The molecule has 1 aliphatic heterocycles. The molecule has 1 aromatic rings. The van der Waals surface area contributed by atoms with Gasteiger partial charge in [-0.25, -0.2) is 0 Å². The average molecular weight is 220 g/mol. The topological polar surface area (TPSA) is 36.4 Å². The van der Waals surface area contributed by atoms with E-state index >= 15 is 0 Å². The van der Waals surface area contributed by atoms with E-state index < -0.39 is 6.10 Å². The molecule has 1 N–H and O–H groups in total. The maximum absolute atomic E-state index is 10.0. The lowest BCUT2D eigenvalue weighted by Gasteiger charge is -2.31. The second kappa shape index (κ2) is 5.41. The number of likely N-dealkylation sites (tertiary alicyclic amines) is 1. The van der Waals surface area contributed by atoms with Crippen molar-refractivity contribution in [1.82, 2.24) is 9.88 Å². The number of aromatic nitrogens is 1. The first-order chi connectivity index (χ1) is 7.75. The van der Waals surface area contributed by atoms with Gasteiger partial charge in [0.2, 0.25) is 0 Å². The number of aliphatic hydroxyl groups excluding tert-OH is 1. The first-order valence-corrected chi connectivity index (χ1v) is 6.07. The minimum atomic E-state index is -0.449. The highest BCUT2D eigenvalue weighted by molar-refractivity contribution is 5.07. The molecule has 1 fully saturated rings. The van der Waals surface area contributed by atoms with Crippen LogP contribution in [-0.2, 0) is 0 Å². The Labute approximate surface area is 97.1 Å². The number of hydrogen-bond acceptors (Lipinski definition) is 3. The predicted molar refractivity (Wildman–Crippen MR) is 64.0 cm³/mol. The third kappa shape index (κ3) is 3.03. The van der Waals surface area contributed by atoms with Gasteiger partial charge in [-0.15, -0.1) is 0 Å². The number of piperidine rings is 1. The van der Waals surface area contributed by atoms with Crippen molar-refractivity contribution >= 4 is 0 Å². The molecule has 0 radical (unpaired) electrons. The Balaban J connectivity index is 1.86. The molecule has 2 heterocycles. The molecular formula is C13H20N2O. The lowest BCUT2D eigenvalue weighted by Crippen LogP contribution is -2.36. The first-order valence-electron chi connectivity index (χ1n) is 6.07. The Morgan fingerprint density at radius 3 is 2.81 bits per heavy atom. The standard InChI is InChI=1S/C13H20N2O/c1-11-5-8-15(9-6-11)10-13(16)12-4-2-3-7-14-12/h2-4,7,11,13,16H,5-6,8-10H2,1H3. The van der Waals surface area contributed by atoms with Crippen LogP contribution in [0.25, 0.3) is 0 Å². The van der Waals surface area contributed by atoms with Crippen LogP contribution in [0.1, 0.15) is 31.6 Å². The molecule has 0 aromatic carbocycles. The van der Waals surface area contributed by atoms with Crippen LogP contribution in [0.4, 0.5) is 0 Å². The van der Waals surface area contributed by atoms with Gasteiger partial charge in [0.05, 0.1) is 5.69 Å². The molecule has 1 atom stereocenters. The zero-order valence-electron chi connectivity index (χ0n) is 9.84. The van der Waals surface area contributed by atoms with Crippen molar-refractivity contribution < 1.29 is 5.11 Å². The van der Waals surface area contributed by atoms with Crippen LogP contribution < -0.4 is 0 Å². The summed E-state index contributed by atoms with van der Waals surface area (Å²) in [6, 6.07) is 5.68. The van der Waals surface area contributed by atoms with E-state index in [1.54, 1.807) is 6.20 Å². The number of rotatable bonds is 3. The Hall–Kier alpha value is -0.930. The molecule has 1 unspecified atom stereocenters. The highest BCUT2D eigenvalue weighted by Gasteiger charge is 2.19. The lowest BCUT2D eigenvalue weighted by molar-refractivity contribution is 0.0890. The van der Waals surface area contributed by atoms with Gasteiger partial charge in [-0.3, -0.25) is 4.98 Å². The van der Waals surface area contributed by atoms with Crippen LogP contribution >= 0.6 is 0 Å². The van der Waals surface area contributed by atoms with Crippen molar-refractivity contribution in [3.05, 3.63) is 30.1 Å². The van der Waals surface area contributed by atoms with Gasteiger partial charge in [-0.1, -0.05) is 13.0 Å². The average Bonchev–Trinajstić information content (AvgIpc) is 2.33. The van der Waals surface area contributed by atoms with Gasteiger partial charge in [-0.2, -0.15) is 0 Å². The van der Waals surface area contributed by atoms with E-state index in [-0.39, 0.29) is 0 Å². The molecule has 1 aliphatic rings. The minimum Gasteiger partial charge on any atom is -0.385 e. The van der Waals surface area contributed by atoms with Gasteiger partial charge >= 0.3 is 0 Å². The molecule has 0 saturated carbocycles. The fourth-order valence-electron chi connectivity index (χ4n) is 2.16. The molecule has 2 rings (SSSR count). The Morgan fingerprint density at radius 1 is 1.44 bits per heavy atom. The number of hydrogen-bond donors (Lipinski definition) is 1. The van der Waals surface area contributed by atoms with E-state index in [4.69, 9.17) is 0 Å². The van der Waals surface area contributed by atoms with Gasteiger partial charge < -0.3 is 10.0 Å². The number of pyridine rings is 1. The summed E-state index contributed by atoms with van der Waals surface area (Å²) >= 11 is 0. The molecule has 0 bridgehead atoms. The van der Waals surface area contributed by atoms with Crippen LogP contribution in [0.15, 0.2) is 24.4 Å². The monoisotopic (exact) mass is 220 g/mol. The maximum atomic E-state index is 10.0. The van der Waals surface area contributed by atoms with Gasteiger partial charge in [0, 0.05) is 12.7 Å². The summed E-state index contributed by atoms with van der Waals surface area (Å²) in [5.41, 5.74) is 0.779. The van der Waals surface area contributed by atoms with Crippen LogP contribution in [0, 0.1) is 5.92 Å². The minimum absolute atomic E-state index is 0.449. The van der Waals surface area contributed by atoms with Crippen LogP contribution in [-0.4, -0.2) is 34.6 Å². The molecule has 3 heteroatoms. The van der Waals surface area contributed by atoms with Crippen LogP contribution in [0.5, 0.6) is 0 Å². The first kappa shape index (κ1) is 11.6. The summed E-state index contributed by atoms with van der Waals surface area (Å²) in [4.78, 5) is 6.52. The van der Waals surface area contributed by atoms with Crippen molar-refractivity contribution in [2.75, 3.05) is 19.6 Å². The molecule has 1 aromatic heterocycles. The van der Waals surface area contributed by atoms with Gasteiger partial charge in [0.15, 0.2) is 0 Å². The van der Waals surface area contributed by atoms with Gasteiger partial charge in [0.25, 0.3) is 0 Å². The predicted octanol–water partition coefficient (Wildman–Crippen LogP) is 1.85. The van der Waals surface area contributed by atoms with Crippen molar-refractivity contribution in [3.8, 4) is 0 Å². The van der Waals surface area contributed by atoms with E-state index in [9.17, 15) is 5.11 Å². The summed E-state index contributed by atoms with van der Waals surface area (Å²) in [5.74, 6) is 0.836. The van der Waals surface area contributed by atoms with Crippen molar-refractivity contribution in [1.29, 1.82) is 0 Å². The molecular weight excluding hydrogens is 200 g/mol. The molecule has 16 heavy (non-hydrogen) atoms. The third-order valence-electron chi connectivity index (χ3n) is 3.34. The highest BCUT2D eigenvalue weighted by Crippen LogP contribution is 2.19. The second-order valence-corrected chi connectivity index (χ2v) is 4.75. The molecule has 0 amide bonds. The fraction of sp³-hybridized carbons (Fsp3) is 0.615. The summed E-state index contributed by atoms with van der Waals surface area (Å²) in [7, 11) is 0. The van der Waals surface area contributed by atoms with E-state index in [2.05, 4.69) is 16.8 Å². The Morgan fingerprint density at radius 2 is 2.19 bits per heavy atom. The van der Waals surface area contributed by atoms with Crippen LogP contribution in [0.2, 0.25) is 0 Å².